The molecule has 4 aromatic rings. The summed E-state index contributed by atoms with van der Waals surface area (Å²) in [5, 5.41) is 5.27. The molecule has 2 heterocycles. The van der Waals surface area contributed by atoms with Crippen molar-refractivity contribution in [3.63, 3.8) is 0 Å². The van der Waals surface area contributed by atoms with Gasteiger partial charge in [0, 0.05) is 24.6 Å². The average Bonchev–Trinajstić information content (AvgIpc) is 3.37. The van der Waals surface area contributed by atoms with E-state index in [1.165, 1.54) is 30.7 Å². The van der Waals surface area contributed by atoms with E-state index in [1.54, 1.807) is 22.7 Å². The van der Waals surface area contributed by atoms with E-state index in [4.69, 9.17) is 0 Å². The maximum atomic E-state index is 2.22. The molecule has 4 rings (SSSR count). The fourth-order valence-electron chi connectivity index (χ4n) is 2.48. The van der Waals surface area contributed by atoms with Crippen molar-refractivity contribution in [2.45, 2.75) is 9.79 Å². The van der Waals surface area contributed by atoms with Crippen molar-refractivity contribution in [2.75, 3.05) is 5.08 Å². The van der Waals surface area contributed by atoms with E-state index in [9.17, 15) is 0 Å². The number of hydrogen-bond acceptors (Lipinski definition) is 4. The first-order valence-electron chi connectivity index (χ1n) is 7.92. The van der Waals surface area contributed by atoms with E-state index in [-0.39, 0.29) is 0 Å². The van der Waals surface area contributed by atoms with Gasteiger partial charge in [-0.15, -0.1) is 46.2 Å². The van der Waals surface area contributed by atoms with E-state index in [0.717, 1.165) is 5.08 Å². The molecule has 0 bridgehead atoms. The van der Waals surface area contributed by atoms with E-state index in [2.05, 4.69) is 83.6 Å². The van der Waals surface area contributed by atoms with Crippen LogP contribution in [-0.4, -0.2) is 5.08 Å². The molecule has 0 unspecified atom stereocenters. The van der Waals surface area contributed by atoms with Crippen LogP contribution in [0.25, 0.3) is 20.9 Å². The lowest BCUT2D eigenvalue weighted by atomic mass is 10.2. The van der Waals surface area contributed by atoms with Crippen molar-refractivity contribution in [1.29, 1.82) is 0 Å². The van der Waals surface area contributed by atoms with Crippen LogP contribution in [0, 0.1) is 0 Å². The Hall–Kier alpha value is -1.46. The van der Waals surface area contributed by atoms with E-state index in [1.807, 2.05) is 23.5 Å². The fraction of sp³-hybridized carbons (Fsp3) is 0.0476. The molecule has 0 spiro atoms. The normalized spacial score (nSPS) is 10.9. The average molecular weight is 397 g/mol. The standard InChI is InChI=1S/C21H16S4/c1-3-20(22-13-1)16-5-9-18(10-6-16)24-15-25-19-11-7-17(8-12-19)21-4-2-14-23-21/h1-14H,15H2. The van der Waals surface area contributed by atoms with Gasteiger partial charge in [0.05, 0.1) is 0 Å². The van der Waals surface area contributed by atoms with Crippen LogP contribution in [0.1, 0.15) is 0 Å². The highest BCUT2D eigenvalue weighted by Gasteiger charge is 2.02. The molecule has 4 heteroatoms. The van der Waals surface area contributed by atoms with Crippen LogP contribution in [0.4, 0.5) is 0 Å². The van der Waals surface area contributed by atoms with Gasteiger partial charge in [0.1, 0.15) is 0 Å². The number of thioether (sulfide) groups is 2. The molecule has 0 atom stereocenters. The van der Waals surface area contributed by atoms with Crippen LogP contribution in [0.15, 0.2) is 93.3 Å². The first-order valence-corrected chi connectivity index (χ1v) is 11.6. The van der Waals surface area contributed by atoms with Gasteiger partial charge in [0.2, 0.25) is 0 Å². The smallest absolute Gasteiger partial charge is 0.0486 e. The molecule has 0 fully saturated rings. The minimum Gasteiger partial charge on any atom is -0.144 e. The zero-order valence-corrected chi connectivity index (χ0v) is 16.7. The van der Waals surface area contributed by atoms with E-state index >= 15 is 0 Å². The van der Waals surface area contributed by atoms with Gasteiger partial charge in [-0.3, -0.25) is 0 Å². The first-order chi connectivity index (χ1) is 12.4. The molecule has 25 heavy (non-hydrogen) atoms. The van der Waals surface area contributed by atoms with Gasteiger partial charge in [-0.2, -0.15) is 0 Å². The Labute approximate surface area is 164 Å². The van der Waals surface area contributed by atoms with Crippen LogP contribution < -0.4 is 0 Å². The van der Waals surface area contributed by atoms with Crippen LogP contribution in [0.5, 0.6) is 0 Å². The summed E-state index contributed by atoms with van der Waals surface area (Å²) in [5.74, 6) is 0. The van der Waals surface area contributed by atoms with Gasteiger partial charge >= 0.3 is 0 Å². The number of benzene rings is 2. The molecule has 0 aliphatic carbocycles. The zero-order chi connectivity index (χ0) is 16.9. The van der Waals surface area contributed by atoms with Crippen LogP contribution in [-0.2, 0) is 0 Å². The maximum absolute atomic E-state index is 2.22. The van der Waals surface area contributed by atoms with Gasteiger partial charge in [-0.05, 0) is 58.3 Å². The molecule has 0 aliphatic rings. The van der Waals surface area contributed by atoms with Gasteiger partial charge < -0.3 is 0 Å². The summed E-state index contributed by atoms with van der Waals surface area (Å²) in [6.45, 7) is 0. The third-order valence-electron chi connectivity index (χ3n) is 3.77. The molecular weight excluding hydrogens is 380 g/mol. The summed E-state index contributed by atoms with van der Waals surface area (Å²) in [6, 6.07) is 26.3. The number of thiophene rings is 2. The van der Waals surface area contributed by atoms with Crippen molar-refractivity contribution >= 4 is 46.2 Å². The fourth-order valence-corrected chi connectivity index (χ4v) is 5.93. The molecular formula is C21H16S4. The van der Waals surface area contributed by atoms with Crippen molar-refractivity contribution in [2.24, 2.45) is 0 Å². The Morgan fingerprint density at radius 2 is 1.00 bits per heavy atom. The van der Waals surface area contributed by atoms with Crippen molar-refractivity contribution < 1.29 is 0 Å². The second kappa shape index (κ2) is 8.28. The Morgan fingerprint density at radius 3 is 1.36 bits per heavy atom. The third-order valence-corrected chi connectivity index (χ3v) is 7.76. The Kier molecular flexibility index (Phi) is 5.62. The quantitative estimate of drug-likeness (QED) is 0.239. The van der Waals surface area contributed by atoms with Gasteiger partial charge in [0.25, 0.3) is 0 Å². The molecule has 0 saturated heterocycles. The van der Waals surface area contributed by atoms with Crippen LogP contribution in [0.3, 0.4) is 0 Å². The number of rotatable bonds is 6. The SMILES string of the molecule is c1csc(-c2ccc(SCSc3ccc(-c4cccs4)cc3)cc2)c1. The predicted molar refractivity (Wildman–Crippen MR) is 116 cm³/mol. The lowest BCUT2D eigenvalue weighted by Crippen LogP contribution is -1.78. The monoisotopic (exact) mass is 396 g/mol. The highest BCUT2D eigenvalue weighted by molar-refractivity contribution is 8.16. The predicted octanol–water partition coefficient (Wildman–Crippen LogP) is 7.99. The highest BCUT2D eigenvalue weighted by atomic mass is 32.2. The second-order valence-corrected chi connectivity index (χ2v) is 9.77. The molecule has 124 valence electrons. The zero-order valence-electron chi connectivity index (χ0n) is 13.4. The molecule has 2 aromatic heterocycles. The Balaban J connectivity index is 1.31. The molecule has 2 aromatic carbocycles. The summed E-state index contributed by atoms with van der Waals surface area (Å²) < 4.78 is 0. The van der Waals surface area contributed by atoms with Gasteiger partial charge in [-0.25, -0.2) is 0 Å². The van der Waals surface area contributed by atoms with Crippen LogP contribution >= 0.6 is 46.2 Å². The summed E-state index contributed by atoms with van der Waals surface area (Å²) in [5.41, 5.74) is 2.60. The maximum Gasteiger partial charge on any atom is 0.0486 e. The topological polar surface area (TPSA) is 0 Å². The second-order valence-electron chi connectivity index (χ2n) is 5.41. The molecule has 0 amide bonds. The molecule has 0 saturated carbocycles. The van der Waals surface area contributed by atoms with Crippen molar-refractivity contribution in [3.8, 4) is 20.9 Å². The van der Waals surface area contributed by atoms with Crippen LogP contribution in [0.2, 0.25) is 0 Å². The number of hydrogen-bond donors (Lipinski definition) is 0. The first kappa shape index (κ1) is 17.0. The largest absolute Gasteiger partial charge is 0.144 e. The van der Waals surface area contributed by atoms with E-state index < -0.39 is 0 Å². The minimum absolute atomic E-state index is 1.02. The van der Waals surface area contributed by atoms with Crippen molar-refractivity contribution in [3.05, 3.63) is 83.6 Å². The summed E-state index contributed by atoms with van der Waals surface area (Å²) >= 11 is 7.36. The van der Waals surface area contributed by atoms with Crippen molar-refractivity contribution in [1.82, 2.24) is 0 Å². The molecule has 0 radical (unpaired) electrons. The van der Waals surface area contributed by atoms with Gasteiger partial charge in [-0.1, -0.05) is 36.4 Å². The lowest BCUT2D eigenvalue weighted by molar-refractivity contribution is 1.46. The summed E-state index contributed by atoms with van der Waals surface area (Å²) in [4.78, 5) is 5.31. The van der Waals surface area contributed by atoms with E-state index in [0.29, 0.717) is 0 Å². The highest BCUT2D eigenvalue weighted by Crippen LogP contribution is 2.32. The molecule has 0 nitrogen and oxygen atoms in total. The Bertz CT molecular complexity index is 812. The summed E-state index contributed by atoms with van der Waals surface area (Å²) in [6.07, 6.45) is 0. The lowest BCUT2D eigenvalue weighted by Gasteiger charge is -2.05. The summed E-state index contributed by atoms with van der Waals surface area (Å²) in [7, 11) is 0. The Morgan fingerprint density at radius 1 is 0.560 bits per heavy atom. The molecule has 0 aliphatic heterocycles. The van der Waals surface area contributed by atoms with Gasteiger partial charge in [0.15, 0.2) is 0 Å². The molecule has 0 N–H and O–H groups in total. The minimum atomic E-state index is 1.02. The third kappa shape index (κ3) is 4.39.